The summed E-state index contributed by atoms with van der Waals surface area (Å²) < 4.78 is 4.87. The molecular formula is C28H44N2O4. The van der Waals surface area contributed by atoms with Gasteiger partial charge in [0.05, 0.1) is 7.11 Å². The number of rotatable bonds is 9. The number of carbonyl (C=O) groups excluding carboxylic acids is 3. The molecule has 2 atom stereocenters. The van der Waals surface area contributed by atoms with Crippen molar-refractivity contribution in [2.24, 2.45) is 5.92 Å². The highest BCUT2D eigenvalue weighted by Crippen LogP contribution is 2.18. The van der Waals surface area contributed by atoms with E-state index in [-0.39, 0.29) is 30.2 Å². The molecule has 6 heteroatoms. The lowest BCUT2D eigenvalue weighted by atomic mass is 9.97. The Bertz CT molecular complexity index is 725. The Hall–Kier alpha value is -2.37. The number of hydrogen-bond donors (Lipinski definition) is 2. The van der Waals surface area contributed by atoms with Gasteiger partial charge < -0.3 is 15.4 Å². The van der Waals surface area contributed by atoms with E-state index in [1.54, 1.807) is 0 Å². The number of esters is 1. The molecule has 190 valence electrons. The molecule has 1 aromatic rings. The molecule has 34 heavy (non-hydrogen) atoms. The van der Waals surface area contributed by atoms with Gasteiger partial charge in [0.25, 0.3) is 0 Å². The van der Waals surface area contributed by atoms with Crippen LogP contribution in [0.4, 0.5) is 0 Å². The predicted molar refractivity (Wildman–Crippen MR) is 135 cm³/mol. The third-order valence-corrected chi connectivity index (χ3v) is 6.64. The molecule has 1 aliphatic rings. The van der Waals surface area contributed by atoms with Crippen molar-refractivity contribution >= 4 is 17.8 Å². The van der Waals surface area contributed by atoms with Crippen molar-refractivity contribution in [3.05, 3.63) is 35.9 Å². The Morgan fingerprint density at radius 3 is 1.94 bits per heavy atom. The van der Waals surface area contributed by atoms with Crippen molar-refractivity contribution in [1.29, 1.82) is 0 Å². The van der Waals surface area contributed by atoms with Crippen LogP contribution in [0.5, 0.6) is 0 Å². The first-order valence-electron chi connectivity index (χ1n) is 13.2. The maximum Gasteiger partial charge on any atom is 0.328 e. The maximum atomic E-state index is 12.7. The Kier molecular flexibility index (Phi) is 13.4. The van der Waals surface area contributed by atoms with E-state index in [4.69, 9.17) is 4.74 Å². The fraction of sp³-hybridized carbons (Fsp3) is 0.679. The van der Waals surface area contributed by atoms with Gasteiger partial charge in [0.1, 0.15) is 6.04 Å². The third-order valence-electron chi connectivity index (χ3n) is 6.64. The number of methoxy groups -OCH3 is 1. The number of amides is 2. The highest BCUT2D eigenvalue weighted by Gasteiger charge is 2.23. The molecule has 1 aromatic carbocycles. The molecular weight excluding hydrogens is 428 g/mol. The number of benzene rings is 1. The zero-order valence-corrected chi connectivity index (χ0v) is 21.2. The van der Waals surface area contributed by atoms with Gasteiger partial charge in [-0.25, -0.2) is 4.79 Å². The molecule has 2 rings (SSSR count). The fourth-order valence-electron chi connectivity index (χ4n) is 4.74. The summed E-state index contributed by atoms with van der Waals surface area (Å²) in [6.07, 6.45) is 14.4. The smallest absolute Gasteiger partial charge is 0.328 e. The summed E-state index contributed by atoms with van der Waals surface area (Å²) in [5.74, 6) is -0.796. The molecule has 1 saturated carbocycles. The van der Waals surface area contributed by atoms with Crippen LogP contribution in [0.25, 0.3) is 0 Å². The van der Waals surface area contributed by atoms with E-state index in [0.29, 0.717) is 12.8 Å². The van der Waals surface area contributed by atoms with Gasteiger partial charge in [-0.1, -0.05) is 95.0 Å². The SMILES string of the molecule is COC(=O)[C@@H](Cc1ccccc1)NC(=O)C[C@H](C)CC(=O)NC1CCCCCCCCCCC1. The first-order chi connectivity index (χ1) is 16.5. The van der Waals surface area contributed by atoms with Crippen LogP contribution < -0.4 is 10.6 Å². The Morgan fingerprint density at radius 1 is 0.853 bits per heavy atom. The molecule has 0 spiro atoms. The Balaban J connectivity index is 1.79. The first kappa shape index (κ1) is 27.9. The van der Waals surface area contributed by atoms with Crippen molar-refractivity contribution in [2.45, 2.75) is 109 Å². The first-order valence-corrected chi connectivity index (χ1v) is 13.2. The van der Waals surface area contributed by atoms with Crippen LogP contribution in [0.2, 0.25) is 0 Å². The van der Waals surface area contributed by atoms with Crippen molar-refractivity contribution in [3.63, 3.8) is 0 Å². The summed E-state index contributed by atoms with van der Waals surface area (Å²) in [7, 11) is 1.32. The van der Waals surface area contributed by atoms with Gasteiger partial charge in [0.2, 0.25) is 11.8 Å². The minimum atomic E-state index is -0.739. The maximum absolute atomic E-state index is 12.7. The topological polar surface area (TPSA) is 84.5 Å². The van der Waals surface area contributed by atoms with Gasteiger partial charge in [-0.3, -0.25) is 9.59 Å². The van der Waals surface area contributed by atoms with Gasteiger partial charge in [-0.15, -0.1) is 0 Å². The van der Waals surface area contributed by atoms with Crippen LogP contribution in [0.3, 0.4) is 0 Å². The zero-order chi connectivity index (χ0) is 24.6. The number of carbonyl (C=O) groups is 3. The molecule has 0 bridgehead atoms. The van der Waals surface area contributed by atoms with Gasteiger partial charge >= 0.3 is 5.97 Å². The summed E-state index contributed by atoms with van der Waals surface area (Å²) in [5.41, 5.74) is 0.947. The summed E-state index contributed by atoms with van der Waals surface area (Å²) in [6.45, 7) is 1.91. The van der Waals surface area contributed by atoms with Crippen LogP contribution in [0.1, 0.15) is 96.0 Å². The summed E-state index contributed by atoms with van der Waals surface area (Å²) >= 11 is 0. The van der Waals surface area contributed by atoms with Crippen LogP contribution in [0.15, 0.2) is 30.3 Å². The summed E-state index contributed by atoms with van der Waals surface area (Å²) in [6, 6.07) is 9.03. The van der Waals surface area contributed by atoms with Crippen molar-refractivity contribution in [2.75, 3.05) is 7.11 Å². The van der Waals surface area contributed by atoms with Gasteiger partial charge in [-0.2, -0.15) is 0 Å². The average Bonchev–Trinajstić information content (AvgIpc) is 2.80. The van der Waals surface area contributed by atoms with Crippen molar-refractivity contribution in [1.82, 2.24) is 10.6 Å². The summed E-state index contributed by atoms with van der Waals surface area (Å²) in [4.78, 5) is 37.5. The largest absolute Gasteiger partial charge is 0.467 e. The van der Waals surface area contributed by atoms with Crippen molar-refractivity contribution in [3.8, 4) is 0 Å². The standard InChI is InChI=1S/C28H44N2O4/c1-22(19-26(31)29-24-17-13-8-6-4-3-5-7-9-14-18-24)20-27(32)30-25(28(33)34-2)21-23-15-11-10-12-16-23/h10-12,15-16,22,24-25H,3-9,13-14,17-21H2,1-2H3,(H,29,31)(H,30,32)/t22-,25-/m1/s1. The minimum absolute atomic E-state index is 0.0196. The number of nitrogens with one attached hydrogen (secondary N) is 2. The highest BCUT2D eigenvalue weighted by molar-refractivity contribution is 5.85. The van der Waals surface area contributed by atoms with Crippen molar-refractivity contribution < 1.29 is 19.1 Å². The predicted octanol–water partition coefficient (Wildman–Crippen LogP) is 5.09. The molecule has 0 unspecified atom stereocenters. The molecule has 1 fully saturated rings. The average molecular weight is 473 g/mol. The van der Waals surface area contributed by atoms with E-state index in [1.165, 1.54) is 64.9 Å². The zero-order valence-electron chi connectivity index (χ0n) is 21.2. The molecule has 2 amide bonds. The second-order valence-electron chi connectivity index (χ2n) is 9.87. The van der Waals surface area contributed by atoms with Gasteiger partial charge in [0.15, 0.2) is 0 Å². The Morgan fingerprint density at radius 2 is 1.38 bits per heavy atom. The number of ether oxygens (including phenoxy) is 1. The lowest BCUT2D eigenvalue weighted by molar-refractivity contribution is -0.145. The van der Waals surface area contributed by atoms with Crippen LogP contribution in [0, 0.1) is 5.92 Å². The normalized spacial score (nSPS) is 17.9. The highest BCUT2D eigenvalue weighted by atomic mass is 16.5. The fourth-order valence-corrected chi connectivity index (χ4v) is 4.74. The van der Waals surface area contributed by atoms with Gasteiger partial charge in [-0.05, 0) is 24.3 Å². The van der Waals surface area contributed by atoms with E-state index in [0.717, 1.165) is 18.4 Å². The molecule has 0 saturated heterocycles. The van der Waals surface area contributed by atoms with Crippen LogP contribution in [-0.4, -0.2) is 37.0 Å². The van der Waals surface area contributed by atoms with E-state index >= 15 is 0 Å². The molecule has 1 aliphatic carbocycles. The van der Waals surface area contributed by atoms with Crippen LogP contribution >= 0.6 is 0 Å². The lowest BCUT2D eigenvalue weighted by Crippen LogP contribution is -2.43. The van der Waals surface area contributed by atoms with Crippen LogP contribution in [-0.2, 0) is 25.5 Å². The number of hydrogen-bond acceptors (Lipinski definition) is 4. The van der Waals surface area contributed by atoms with E-state index in [2.05, 4.69) is 10.6 Å². The second-order valence-corrected chi connectivity index (χ2v) is 9.87. The molecule has 2 N–H and O–H groups in total. The summed E-state index contributed by atoms with van der Waals surface area (Å²) in [5, 5.41) is 6.03. The third kappa shape index (κ3) is 11.7. The molecule has 0 aliphatic heterocycles. The monoisotopic (exact) mass is 472 g/mol. The minimum Gasteiger partial charge on any atom is -0.467 e. The quantitative estimate of drug-likeness (QED) is 0.490. The Labute approximate surface area is 205 Å². The van der Waals surface area contributed by atoms with E-state index in [9.17, 15) is 14.4 Å². The second kappa shape index (κ2) is 16.3. The lowest BCUT2D eigenvalue weighted by Gasteiger charge is -2.21. The molecule has 6 nitrogen and oxygen atoms in total. The van der Waals surface area contributed by atoms with Gasteiger partial charge in [0, 0.05) is 25.3 Å². The molecule has 0 radical (unpaired) electrons. The van der Waals surface area contributed by atoms with E-state index < -0.39 is 12.0 Å². The molecule has 0 aromatic heterocycles. The molecule has 0 heterocycles. The van der Waals surface area contributed by atoms with E-state index in [1.807, 2.05) is 37.3 Å².